The normalized spacial score (nSPS) is 11.9. The maximum Gasteiger partial charge on any atom is 0.320 e. The third kappa shape index (κ3) is 4.61. The zero-order valence-corrected chi connectivity index (χ0v) is 12.0. The lowest BCUT2D eigenvalue weighted by molar-refractivity contribution is -0.138. The lowest BCUT2D eigenvalue weighted by atomic mass is 10.1. The number of carboxylic acid groups (broad SMARTS) is 1. The number of carboxylic acids is 1. The van der Waals surface area contributed by atoms with Crippen LogP contribution < -0.4 is 10.5 Å². The first-order valence-electron chi connectivity index (χ1n) is 6.80. The number of nitrogens with two attached hydrogens (primary N) is 1. The van der Waals surface area contributed by atoms with E-state index in [1.54, 1.807) is 0 Å². The van der Waals surface area contributed by atoms with Crippen LogP contribution in [0.3, 0.4) is 0 Å². The van der Waals surface area contributed by atoms with E-state index in [1.807, 2.05) is 43.3 Å². The Kier molecular flexibility index (Phi) is 4.95. The summed E-state index contributed by atoms with van der Waals surface area (Å²) in [6, 6.07) is 14.6. The third-order valence-corrected chi connectivity index (χ3v) is 3.22. The van der Waals surface area contributed by atoms with Crippen molar-refractivity contribution in [1.29, 1.82) is 0 Å². The van der Waals surface area contributed by atoms with Gasteiger partial charge in [-0.15, -0.1) is 0 Å². The molecule has 0 aliphatic carbocycles. The Bertz CT molecular complexity index is 590. The largest absolute Gasteiger partial charge is 0.489 e. The minimum Gasteiger partial charge on any atom is -0.489 e. The molecule has 0 radical (unpaired) electrons. The van der Waals surface area contributed by atoms with Crippen molar-refractivity contribution in [2.75, 3.05) is 0 Å². The molecular formula is C17H19NO3. The molecule has 0 saturated carbocycles. The van der Waals surface area contributed by atoms with Gasteiger partial charge in [0.05, 0.1) is 0 Å². The second kappa shape index (κ2) is 6.90. The van der Waals surface area contributed by atoms with Crippen molar-refractivity contribution < 1.29 is 14.6 Å². The van der Waals surface area contributed by atoms with Crippen LogP contribution in [0.1, 0.15) is 16.7 Å². The van der Waals surface area contributed by atoms with Gasteiger partial charge in [-0.1, -0.05) is 42.0 Å². The van der Waals surface area contributed by atoms with Gasteiger partial charge >= 0.3 is 5.97 Å². The fourth-order valence-electron chi connectivity index (χ4n) is 1.91. The Morgan fingerprint density at radius 1 is 1.10 bits per heavy atom. The quantitative estimate of drug-likeness (QED) is 0.855. The first kappa shape index (κ1) is 15.1. The molecule has 0 aliphatic heterocycles. The van der Waals surface area contributed by atoms with Crippen LogP contribution in [-0.2, 0) is 17.8 Å². The molecule has 0 saturated heterocycles. The van der Waals surface area contributed by atoms with Crippen LogP contribution >= 0.6 is 0 Å². The van der Waals surface area contributed by atoms with E-state index in [2.05, 4.69) is 12.1 Å². The maximum atomic E-state index is 10.7. The van der Waals surface area contributed by atoms with Gasteiger partial charge in [-0.3, -0.25) is 4.79 Å². The third-order valence-electron chi connectivity index (χ3n) is 3.22. The summed E-state index contributed by atoms with van der Waals surface area (Å²) < 4.78 is 5.69. The van der Waals surface area contributed by atoms with Crippen molar-refractivity contribution >= 4 is 5.97 Å². The van der Waals surface area contributed by atoms with Crippen molar-refractivity contribution in [3.05, 3.63) is 65.2 Å². The topological polar surface area (TPSA) is 72.5 Å². The number of rotatable bonds is 6. The Labute approximate surface area is 124 Å². The summed E-state index contributed by atoms with van der Waals surface area (Å²) in [6.45, 7) is 2.56. The van der Waals surface area contributed by atoms with E-state index in [9.17, 15) is 4.79 Å². The van der Waals surface area contributed by atoms with Gasteiger partial charge in [-0.25, -0.2) is 0 Å². The van der Waals surface area contributed by atoms with Gasteiger partial charge < -0.3 is 15.6 Å². The minimum atomic E-state index is -0.991. The van der Waals surface area contributed by atoms with Crippen molar-refractivity contribution in [3.8, 4) is 5.75 Å². The fourth-order valence-corrected chi connectivity index (χ4v) is 1.91. The molecule has 1 unspecified atom stereocenters. The molecule has 0 heterocycles. The molecule has 2 rings (SSSR count). The van der Waals surface area contributed by atoms with Crippen LogP contribution in [-0.4, -0.2) is 17.1 Å². The summed E-state index contributed by atoms with van der Waals surface area (Å²) in [5.74, 6) is -0.238. The molecule has 0 aliphatic rings. The van der Waals surface area contributed by atoms with Crippen molar-refractivity contribution in [2.24, 2.45) is 5.73 Å². The molecular weight excluding hydrogens is 266 g/mol. The lowest BCUT2D eigenvalue weighted by Gasteiger charge is -2.09. The average molecular weight is 285 g/mol. The standard InChI is InChI=1S/C17H19NO3/c1-12-2-4-14(5-3-12)11-21-15-8-6-13(7-9-15)10-16(18)17(19)20/h2-9,16H,10-11,18H2,1H3,(H,19,20). The number of ether oxygens (including phenoxy) is 1. The van der Waals surface area contributed by atoms with Gasteiger partial charge in [0, 0.05) is 0 Å². The van der Waals surface area contributed by atoms with Gasteiger partial charge in [0.2, 0.25) is 0 Å². The van der Waals surface area contributed by atoms with Gasteiger partial charge in [0.1, 0.15) is 18.4 Å². The molecule has 4 nitrogen and oxygen atoms in total. The highest BCUT2D eigenvalue weighted by molar-refractivity contribution is 5.73. The van der Waals surface area contributed by atoms with E-state index in [0.29, 0.717) is 13.0 Å². The van der Waals surface area contributed by atoms with Crippen molar-refractivity contribution in [1.82, 2.24) is 0 Å². The fraction of sp³-hybridized carbons (Fsp3) is 0.235. The van der Waals surface area contributed by atoms with E-state index in [0.717, 1.165) is 16.9 Å². The summed E-state index contributed by atoms with van der Waals surface area (Å²) in [5, 5.41) is 8.78. The molecule has 2 aromatic rings. The number of aryl methyl sites for hydroxylation is 1. The highest BCUT2D eigenvalue weighted by Crippen LogP contribution is 2.15. The predicted molar refractivity (Wildman–Crippen MR) is 81.3 cm³/mol. The molecule has 4 heteroatoms. The summed E-state index contributed by atoms with van der Waals surface area (Å²) in [6.07, 6.45) is 0.313. The van der Waals surface area contributed by atoms with Crippen LogP contribution in [0.25, 0.3) is 0 Å². The Morgan fingerprint density at radius 3 is 2.24 bits per heavy atom. The summed E-state index contributed by atoms with van der Waals surface area (Å²) in [7, 11) is 0. The van der Waals surface area contributed by atoms with Crippen LogP contribution in [0.2, 0.25) is 0 Å². The van der Waals surface area contributed by atoms with E-state index in [-0.39, 0.29) is 0 Å². The van der Waals surface area contributed by atoms with E-state index >= 15 is 0 Å². The number of carbonyl (C=O) groups is 1. The van der Waals surface area contributed by atoms with Crippen LogP contribution in [0.15, 0.2) is 48.5 Å². The summed E-state index contributed by atoms with van der Waals surface area (Å²) in [5.41, 5.74) is 8.71. The molecule has 0 amide bonds. The minimum absolute atomic E-state index is 0.313. The Balaban J connectivity index is 1.90. The van der Waals surface area contributed by atoms with E-state index in [1.165, 1.54) is 5.56 Å². The Morgan fingerprint density at radius 2 is 1.67 bits per heavy atom. The number of aliphatic carboxylic acids is 1. The molecule has 21 heavy (non-hydrogen) atoms. The summed E-state index contributed by atoms with van der Waals surface area (Å²) >= 11 is 0. The average Bonchev–Trinajstić information content (AvgIpc) is 2.48. The highest BCUT2D eigenvalue weighted by atomic mass is 16.5. The van der Waals surface area contributed by atoms with Gasteiger partial charge in [0.25, 0.3) is 0 Å². The van der Waals surface area contributed by atoms with E-state index < -0.39 is 12.0 Å². The predicted octanol–water partition coefficient (Wildman–Crippen LogP) is 2.53. The maximum absolute atomic E-state index is 10.7. The SMILES string of the molecule is Cc1ccc(COc2ccc(CC(N)C(=O)O)cc2)cc1. The molecule has 2 aromatic carbocycles. The molecule has 110 valence electrons. The second-order valence-corrected chi connectivity index (χ2v) is 5.07. The Hall–Kier alpha value is -2.33. The van der Waals surface area contributed by atoms with Crippen molar-refractivity contribution in [3.63, 3.8) is 0 Å². The number of hydrogen-bond donors (Lipinski definition) is 2. The molecule has 3 N–H and O–H groups in total. The molecule has 0 fully saturated rings. The zero-order valence-electron chi connectivity index (χ0n) is 12.0. The molecule has 0 aromatic heterocycles. The van der Waals surface area contributed by atoms with Crippen LogP contribution in [0.4, 0.5) is 0 Å². The number of hydrogen-bond acceptors (Lipinski definition) is 3. The first-order chi connectivity index (χ1) is 10.0. The molecule has 0 spiro atoms. The number of benzene rings is 2. The van der Waals surface area contributed by atoms with Crippen molar-refractivity contribution in [2.45, 2.75) is 26.0 Å². The van der Waals surface area contributed by atoms with Gasteiger partial charge in [0.15, 0.2) is 0 Å². The molecule has 0 bridgehead atoms. The zero-order chi connectivity index (χ0) is 15.2. The van der Waals surface area contributed by atoms with Crippen LogP contribution in [0, 0.1) is 6.92 Å². The summed E-state index contributed by atoms with van der Waals surface area (Å²) in [4.78, 5) is 10.7. The smallest absolute Gasteiger partial charge is 0.320 e. The second-order valence-electron chi connectivity index (χ2n) is 5.07. The first-order valence-corrected chi connectivity index (χ1v) is 6.80. The molecule has 1 atom stereocenters. The van der Waals surface area contributed by atoms with Gasteiger partial charge in [-0.05, 0) is 36.6 Å². The lowest BCUT2D eigenvalue weighted by Crippen LogP contribution is -2.32. The highest BCUT2D eigenvalue weighted by Gasteiger charge is 2.11. The monoisotopic (exact) mass is 285 g/mol. The van der Waals surface area contributed by atoms with Crippen LogP contribution in [0.5, 0.6) is 5.75 Å². The van der Waals surface area contributed by atoms with E-state index in [4.69, 9.17) is 15.6 Å². The van der Waals surface area contributed by atoms with Gasteiger partial charge in [-0.2, -0.15) is 0 Å².